The number of anilines is 2. The number of hydrogen-bond donors (Lipinski definition) is 1. The van der Waals surface area contributed by atoms with Gasteiger partial charge in [0.1, 0.15) is 28.8 Å². The molecule has 1 fully saturated rings. The molecule has 0 spiro atoms. The van der Waals surface area contributed by atoms with E-state index in [1.807, 2.05) is 6.07 Å². The fourth-order valence-electron chi connectivity index (χ4n) is 3.17. The van der Waals surface area contributed by atoms with Crippen molar-refractivity contribution in [2.75, 3.05) is 45.7 Å². The number of benzene rings is 1. The lowest BCUT2D eigenvalue weighted by Crippen LogP contribution is -2.50. The Hall–Kier alpha value is -3.36. The van der Waals surface area contributed by atoms with E-state index in [0.717, 1.165) is 0 Å². The monoisotopic (exact) mass is 399 g/mol. The van der Waals surface area contributed by atoms with Crippen molar-refractivity contribution in [2.45, 2.75) is 13.8 Å². The molecule has 0 aliphatic carbocycles. The average molecular weight is 399 g/mol. The van der Waals surface area contributed by atoms with Gasteiger partial charge in [-0.15, -0.1) is 0 Å². The van der Waals surface area contributed by atoms with Crippen molar-refractivity contribution in [2.24, 2.45) is 0 Å². The summed E-state index contributed by atoms with van der Waals surface area (Å²) in [4.78, 5) is 36.5. The van der Waals surface area contributed by atoms with Crippen LogP contribution in [-0.2, 0) is 4.79 Å². The number of piperazine rings is 1. The van der Waals surface area contributed by atoms with Gasteiger partial charge in [0, 0.05) is 45.2 Å². The van der Waals surface area contributed by atoms with Crippen LogP contribution in [0.15, 0.2) is 24.3 Å². The number of aryl methyl sites for hydroxylation is 1. The minimum absolute atomic E-state index is 0.0231. The zero-order chi connectivity index (χ0) is 21.0. The van der Waals surface area contributed by atoms with E-state index in [2.05, 4.69) is 15.3 Å². The van der Waals surface area contributed by atoms with Crippen molar-refractivity contribution >= 4 is 23.3 Å². The quantitative estimate of drug-likeness (QED) is 0.819. The molecule has 0 unspecified atom stereocenters. The molecule has 0 atom stereocenters. The van der Waals surface area contributed by atoms with Crippen LogP contribution in [0.2, 0.25) is 0 Å². The van der Waals surface area contributed by atoms with Gasteiger partial charge < -0.3 is 24.6 Å². The topological polar surface area (TPSA) is 96.9 Å². The first-order valence-corrected chi connectivity index (χ1v) is 9.30. The molecule has 1 saturated heterocycles. The molecule has 154 valence electrons. The molecular formula is C20H25N5O4. The van der Waals surface area contributed by atoms with Crippen molar-refractivity contribution < 1.29 is 19.1 Å². The molecule has 29 heavy (non-hydrogen) atoms. The summed E-state index contributed by atoms with van der Waals surface area (Å²) in [6.45, 7) is 5.29. The summed E-state index contributed by atoms with van der Waals surface area (Å²) in [6, 6.07) is 7.00. The molecule has 1 aliphatic rings. The van der Waals surface area contributed by atoms with Crippen LogP contribution in [0.5, 0.6) is 11.5 Å². The summed E-state index contributed by atoms with van der Waals surface area (Å²) in [5.41, 5.74) is 1.00. The van der Waals surface area contributed by atoms with E-state index in [9.17, 15) is 9.59 Å². The predicted molar refractivity (Wildman–Crippen MR) is 108 cm³/mol. The van der Waals surface area contributed by atoms with E-state index in [4.69, 9.17) is 9.47 Å². The van der Waals surface area contributed by atoms with Crippen LogP contribution in [0.1, 0.15) is 23.2 Å². The van der Waals surface area contributed by atoms with Crippen LogP contribution in [0.3, 0.4) is 0 Å². The standard InChI is InChI=1S/C20H25N5O4/c1-13-21-17(20(27)25-9-7-24(8-10-25)14(2)26)12-19(22-13)23-16-6-5-15(28-3)11-18(16)29-4/h5-6,11-12H,7-10H2,1-4H3,(H,21,22,23). The number of nitrogens with zero attached hydrogens (tertiary/aromatic N) is 4. The fraction of sp³-hybridized carbons (Fsp3) is 0.400. The molecule has 2 heterocycles. The van der Waals surface area contributed by atoms with Crippen molar-refractivity contribution in [3.05, 3.63) is 35.8 Å². The SMILES string of the molecule is COc1ccc(Nc2cc(C(=O)N3CCN(C(C)=O)CC3)nc(C)n2)c(OC)c1. The molecule has 0 bridgehead atoms. The van der Waals surface area contributed by atoms with Crippen LogP contribution in [0.4, 0.5) is 11.5 Å². The lowest BCUT2D eigenvalue weighted by Gasteiger charge is -2.34. The zero-order valence-corrected chi connectivity index (χ0v) is 17.1. The number of amides is 2. The van der Waals surface area contributed by atoms with Crippen molar-refractivity contribution in [1.82, 2.24) is 19.8 Å². The lowest BCUT2D eigenvalue weighted by atomic mass is 10.2. The maximum Gasteiger partial charge on any atom is 0.272 e. The molecule has 3 rings (SSSR count). The number of hydrogen-bond acceptors (Lipinski definition) is 7. The van der Waals surface area contributed by atoms with Crippen molar-refractivity contribution in [3.8, 4) is 11.5 Å². The highest BCUT2D eigenvalue weighted by atomic mass is 16.5. The van der Waals surface area contributed by atoms with Crippen LogP contribution in [0, 0.1) is 6.92 Å². The second-order valence-electron chi connectivity index (χ2n) is 6.68. The van der Waals surface area contributed by atoms with E-state index < -0.39 is 0 Å². The third kappa shape index (κ3) is 4.74. The third-order valence-corrected chi connectivity index (χ3v) is 4.74. The second kappa shape index (κ2) is 8.76. The second-order valence-corrected chi connectivity index (χ2v) is 6.68. The molecule has 1 aliphatic heterocycles. The Morgan fingerprint density at radius 3 is 2.31 bits per heavy atom. The largest absolute Gasteiger partial charge is 0.497 e. The average Bonchev–Trinajstić information content (AvgIpc) is 2.73. The summed E-state index contributed by atoms with van der Waals surface area (Å²) in [5, 5.41) is 3.18. The van der Waals surface area contributed by atoms with Gasteiger partial charge in [-0.1, -0.05) is 0 Å². The number of carbonyl (C=O) groups excluding carboxylic acids is 2. The Morgan fingerprint density at radius 2 is 1.69 bits per heavy atom. The minimum atomic E-state index is -0.177. The molecule has 9 nitrogen and oxygen atoms in total. The van der Waals surface area contributed by atoms with E-state index in [0.29, 0.717) is 60.7 Å². The Labute approximate surface area is 169 Å². The van der Waals surface area contributed by atoms with Gasteiger partial charge in [-0.05, 0) is 19.1 Å². The first kappa shape index (κ1) is 20.4. The maximum absolute atomic E-state index is 12.9. The number of carbonyl (C=O) groups is 2. The normalized spacial score (nSPS) is 13.8. The highest BCUT2D eigenvalue weighted by Gasteiger charge is 2.24. The van der Waals surface area contributed by atoms with Gasteiger partial charge in [0.15, 0.2) is 0 Å². The molecule has 2 amide bonds. The van der Waals surface area contributed by atoms with Gasteiger partial charge in [0.2, 0.25) is 5.91 Å². The van der Waals surface area contributed by atoms with E-state index in [1.54, 1.807) is 49.1 Å². The highest BCUT2D eigenvalue weighted by molar-refractivity contribution is 5.93. The number of ether oxygens (including phenoxy) is 2. The molecular weight excluding hydrogens is 374 g/mol. The zero-order valence-electron chi connectivity index (χ0n) is 17.1. The molecule has 0 radical (unpaired) electrons. The van der Waals surface area contributed by atoms with Gasteiger partial charge in [-0.2, -0.15) is 0 Å². The van der Waals surface area contributed by atoms with Crippen LogP contribution < -0.4 is 14.8 Å². The summed E-state index contributed by atoms with van der Waals surface area (Å²) < 4.78 is 10.6. The van der Waals surface area contributed by atoms with Gasteiger partial charge in [-0.3, -0.25) is 9.59 Å². The van der Waals surface area contributed by atoms with Gasteiger partial charge >= 0.3 is 0 Å². The summed E-state index contributed by atoms with van der Waals surface area (Å²) in [5.74, 6) is 2.08. The molecule has 1 aromatic heterocycles. The van der Waals surface area contributed by atoms with E-state index in [1.165, 1.54) is 6.92 Å². The Bertz CT molecular complexity index is 910. The van der Waals surface area contributed by atoms with E-state index >= 15 is 0 Å². The van der Waals surface area contributed by atoms with Crippen LogP contribution in [-0.4, -0.2) is 72.0 Å². The Morgan fingerprint density at radius 1 is 1.00 bits per heavy atom. The third-order valence-electron chi connectivity index (χ3n) is 4.74. The van der Waals surface area contributed by atoms with E-state index in [-0.39, 0.29) is 11.8 Å². The van der Waals surface area contributed by atoms with Gasteiger partial charge in [0.05, 0.1) is 19.9 Å². The summed E-state index contributed by atoms with van der Waals surface area (Å²) in [6.07, 6.45) is 0. The van der Waals surface area contributed by atoms with Crippen molar-refractivity contribution in [3.63, 3.8) is 0 Å². The lowest BCUT2D eigenvalue weighted by molar-refractivity contribution is -0.130. The minimum Gasteiger partial charge on any atom is -0.497 e. The van der Waals surface area contributed by atoms with Crippen LogP contribution >= 0.6 is 0 Å². The predicted octanol–water partition coefficient (Wildman–Crippen LogP) is 1.85. The molecule has 2 aromatic rings. The fourth-order valence-corrected chi connectivity index (χ4v) is 3.17. The first-order chi connectivity index (χ1) is 13.9. The highest BCUT2D eigenvalue weighted by Crippen LogP contribution is 2.31. The van der Waals surface area contributed by atoms with Gasteiger partial charge in [-0.25, -0.2) is 9.97 Å². The van der Waals surface area contributed by atoms with Crippen molar-refractivity contribution in [1.29, 1.82) is 0 Å². The Balaban J connectivity index is 1.78. The number of rotatable bonds is 5. The summed E-state index contributed by atoms with van der Waals surface area (Å²) in [7, 11) is 3.16. The Kier molecular flexibility index (Phi) is 6.16. The molecule has 0 saturated carbocycles. The summed E-state index contributed by atoms with van der Waals surface area (Å²) >= 11 is 0. The molecule has 1 aromatic carbocycles. The molecule has 9 heteroatoms. The number of nitrogens with one attached hydrogen (secondary N) is 1. The smallest absolute Gasteiger partial charge is 0.272 e. The molecule has 1 N–H and O–H groups in total. The first-order valence-electron chi connectivity index (χ1n) is 9.30. The maximum atomic E-state index is 12.9. The van der Waals surface area contributed by atoms with Gasteiger partial charge in [0.25, 0.3) is 5.91 Å². The number of aromatic nitrogens is 2. The van der Waals surface area contributed by atoms with Crippen LogP contribution in [0.25, 0.3) is 0 Å². The number of methoxy groups -OCH3 is 2.